The molecule has 1 N–H and O–H groups in total. The first-order valence-corrected chi connectivity index (χ1v) is 4.15. The molecule has 0 spiro atoms. The maximum atomic E-state index is 9.01. The smallest absolute Gasteiger partial charge is 0.0563 e. The molecule has 1 atom stereocenters. The van der Waals surface area contributed by atoms with E-state index >= 15 is 0 Å². The molecule has 10 heavy (non-hydrogen) atoms. The lowest BCUT2D eigenvalue weighted by atomic mass is 10.2. The average molecular weight is 146 g/mol. The first-order chi connectivity index (χ1) is 4.89. The molecular formula is C8H18O2. The number of hydrogen-bond donors (Lipinski definition) is 1. The van der Waals surface area contributed by atoms with Gasteiger partial charge in [0.2, 0.25) is 0 Å². The molecule has 0 aliphatic carbocycles. The fraction of sp³-hybridized carbons (Fsp3) is 1.00. The normalized spacial score (nSPS) is 26.1. The zero-order valence-corrected chi connectivity index (χ0v) is 6.97. The van der Waals surface area contributed by atoms with Gasteiger partial charge in [-0.15, -0.1) is 0 Å². The zero-order chi connectivity index (χ0) is 7.82. The molecule has 0 bridgehead atoms. The second-order valence-corrected chi connectivity index (χ2v) is 2.20. The molecule has 0 aromatic heterocycles. The summed E-state index contributed by atoms with van der Waals surface area (Å²) >= 11 is 0. The Morgan fingerprint density at radius 1 is 1.20 bits per heavy atom. The molecule has 1 aliphatic heterocycles. The van der Waals surface area contributed by atoms with Crippen LogP contribution in [0.25, 0.3) is 0 Å². The highest BCUT2D eigenvalue weighted by Gasteiger charge is 2.06. The third-order valence-corrected chi connectivity index (χ3v) is 1.42. The van der Waals surface area contributed by atoms with Crippen molar-refractivity contribution < 1.29 is 9.84 Å². The van der Waals surface area contributed by atoms with Crippen LogP contribution in [0.4, 0.5) is 0 Å². The van der Waals surface area contributed by atoms with Gasteiger partial charge < -0.3 is 9.84 Å². The number of ether oxygens (including phenoxy) is 1. The number of aliphatic hydroxyl groups excluding tert-OH is 1. The first kappa shape index (κ1) is 9.92. The van der Waals surface area contributed by atoms with Gasteiger partial charge in [-0.2, -0.15) is 0 Å². The maximum Gasteiger partial charge on any atom is 0.0563 e. The summed E-state index contributed by atoms with van der Waals surface area (Å²) in [5, 5.41) is 9.01. The minimum atomic E-state index is -0.0995. The van der Waals surface area contributed by atoms with Crippen molar-refractivity contribution >= 4 is 0 Å². The van der Waals surface area contributed by atoms with Gasteiger partial charge >= 0.3 is 0 Å². The number of aliphatic hydroxyl groups is 1. The third-order valence-electron chi connectivity index (χ3n) is 1.42. The summed E-state index contributed by atoms with van der Waals surface area (Å²) in [6.45, 7) is 5.57. The lowest BCUT2D eigenvalue weighted by molar-refractivity contribution is 0.118. The fourth-order valence-corrected chi connectivity index (χ4v) is 0.887. The Kier molecular flexibility index (Phi) is 6.98. The van der Waals surface area contributed by atoms with E-state index in [9.17, 15) is 0 Å². The van der Waals surface area contributed by atoms with Gasteiger partial charge in [-0.05, 0) is 19.3 Å². The van der Waals surface area contributed by atoms with Crippen molar-refractivity contribution in [2.24, 2.45) is 0 Å². The van der Waals surface area contributed by atoms with Crippen molar-refractivity contribution in [2.45, 2.75) is 39.2 Å². The van der Waals surface area contributed by atoms with Gasteiger partial charge in [0, 0.05) is 13.2 Å². The largest absolute Gasteiger partial charge is 0.393 e. The second kappa shape index (κ2) is 7.03. The summed E-state index contributed by atoms with van der Waals surface area (Å²) in [5.41, 5.74) is 0. The van der Waals surface area contributed by atoms with Crippen LogP contribution in [0.3, 0.4) is 0 Å². The highest BCUT2D eigenvalue weighted by atomic mass is 16.5. The summed E-state index contributed by atoms with van der Waals surface area (Å²) in [7, 11) is 0. The van der Waals surface area contributed by atoms with E-state index < -0.39 is 0 Å². The molecular weight excluding hydrogens is 128 g/mol. The molecule has 1 fully saturated rings. The van der Waals surface area contributed by atoms with Crippen molar-refractivity contribution in [2.75, 3.05) is 13.2 Å². The molecule has 0 aromatic rings. The summed E-state index contributed by atoms with van der Waals surface area (Å²) < 4.78 is 5.10. The van der Waals surface area contributed by atoms with Crippen molar-refractivity contribution in [3.8, 4) is 0 Å². The molecule has 0 saturated carbocycles. The lowest BCUT2D eigenvalue weighted by Crippen LogP contribution is -2.04. The van der Waals surface area contributed by atoms with Crippen LogP contribution >= 0.6 is 0 Å². The van der Waals surface area contributed by atoms with Gasteiger partial charge in [0.05, 0.1) is 6.10 Å². The molecule has 1 unspecified atom stereocenters. The van der Waals surface area contributed by atoms with Crippen LogP contribution in [0, 0.1) is 0 Å². The monoisotopic (exact) mass is 146 g/mol. The second-order valence-electron chi connectivity index (χ2n) is 2.20. The Hall–Kier alpha value is -0.0800. The summed E-state index contributed by atoms with van der Waals surface area (Å²) in [5.74, 6) is 0. The Balaban J connectivity index is 0.000000371. The molecule has 1 aliphatic rings. The van der Waals surface area contributed by atoms with E-state index in [1.54, 1.807) is 0 Å². The topological polar surface area (TPSA) is 29.5 Å². The molecule has 1 saturated heterocycles. The van der Waals surface area contributed by atoms with Crippen LogP contribution in [-0.2, 0) is 4.74 Å². The molecule has 1 rings (SSSR count). The van der Waals surface area contributed by atoms with Crippen LogP contribution in [0.1, 0.15) is 33.1 Å². The summed E-state index contributed by atoms with van der Waals surface area (Å²) in [4.78, 5) is 0. The van der Waals surface area contributed by atoms with Crippen LogP contribution < -0.4 is 0 Å². The van der Waals surface area contributed by atoms with Gasteiger partial charge in [0.1, 0.15) is 0 Å². The highest BCUT2D eigenvalue weighted by Crippen LogP contribution is 2.06. The number of rotatable bonds is 0. The predicted molar refractivity (Wildman–Crippen MR) is 42.0 cm³/mol. The van der Waals surface area contributed by atoms with Gasteiger partial charge in [-0.3, -0.25) is 0 Å². The molecule has 0 aromatic carbocycles. The van der Waals surface area contributed by atoms with E-state index in [1.807, 2.05) is 13.8 Å². The van der Waals surface area contributed by atoms with Gasteiger partial charge in [-0.25, -0.2) is 0 Å². The minimum Gasteiger partial charge on any atom is -0.393 e. The van der Waals surface area contributed by atoms with Crippen LogP contribution in [-0.4, -0.2) is 24.4 Å². The maximum absolute atomic E-state index is 9.01. The molecule has 0 radical (unpaired) electrons. The molecule has 2 nitrogen and oxygen atoms in total. The highest BCUT2D eigenvalue weighted by molar-refractivity contribution is 4.57. The molecule has 2 heteroatoms. The Morgan fingerprint density at radius 2 is 1.90 bits per heavy atom. The van der Waals surface area contributed by atoms with Crippen LogP contribution in [0.15, 0.2) is 0 Å². The van der Waals surface area contributed by atoms with Crippen molar-refractivity contribution in [3.63, 3.8) is 0 Å². The number of hydrogen-bond acceptors (Lipinski definition) is 2. The molecule has 62 valence electrons. The van der Waals surface area contributed by atoms with Gasteiger partial charge in [-0.1, -0.05) is 13.8 Å². The molecule has 1 heterocycles. The minimum absolute atomic E-state index is 0.0995. The third kappa shape index (κ3) is 4.77. The zero-order valence-electron chi connectivity index (χ0n) is 6.97. The van der Waals surface area contributed by atoms with Crippen LogP contribution in [0.2, 0.25) is 0 Å². The quantitative estimate of drug-likeness (QED) is 0.562. The van der Waals surface area contributed by atoms with Gasteiger partial charge in [0.15, 0.2) is 0 Å². The lowest BCUT2D eigenvalue weighted by Gasteiger charge is -2.01. The van der Waals surface area contributed by atoms with E-state index in [1.165, 1.54) is 0 Å². The first-order valence-electron chi connectivity index (χ1n) is 4.15. The molecule has 0 amide bonds. The van der Waals surface area contributed by atoms with Crippen molar-refractivity contribution in [3.05, 3.63) is 0 Å². The summed E-state index contributed by atoms with van der Waals surface area (Å²) in [6.07, 6.45) is 2.65. The van der Waals surface area contributed by atoms with E-state index in [-0.39, 0.29) is 6.10 Å². The van der Waals surface area contributed by atoms with Gasteiger partial charge in [0.25, 0.3) is 0 Å². The average Bonchev–Trinajstić information content (AvgIpc) is 2.21. The predicted octanol–water partition coefficient (Wildman–Crippen LogP) is 1.57. The van der Waals surface area contributed by atoms with E-state index in [0.717, 1.165) is 32.5 Å². The van der Waals surface area contributed by atoms with Crippen molar-refractivity contribution in [1.82, 2.24) is 0 Å². The fourth-order valence-electron chi connectivity index (χ4n) is 0.887. The van der Waals surface area contributed by atoms with E-state index in [4.69, 9.17) is 9.84 Å². The Labute approximate surface area is 63.2 Å². The van der Waals surface area contributed by atoms with Crippen LogP contribution in [0.5, 0.6) is 0 Å². The Morgan fingerprint density at radius 3 is 2.60 bits per heavy atom. The SMILES string of the molecule is CC.OC1CCCOCC1. The van der Waals surface area contributed by atoms with E-state index in [2.05, 4.69) is 0 Å². The summed E-state index contributed by atoms with van der Waals surface area (Å²) in [6, 6.07) is 0. The van der Waals surface area contributed by atoms with E-state index in [0.29, 0.717) is 0 Å². The Bertz CT molecular complexity index is 56.3. The van der Waals surface area contributed by atoms with Crippen molar-refractivity contribution in [1.29, 1.82) is 0 Å². The standard InChI is InChI=1S/C6H12O2.C2H6/c7-6-2-1-4-8-5-3-6;1-2/h6-7H,1-5H2;1-2H3.